The summed E-state index contributed by atoms with van der Waals surface area (Å²) in [5.41, 5.74) is 1.98. The first-order chi connectivity index (χ1) is 9.17. The molecule has 0 aliphatic carbocycles. The highest BCUT2D eigenvalue weighted by atomic mass is 79.9. The molecule has 0 saturated carbocycles. The van der Waals surface area contributed by atoms with E-state index < -0.39 is 0 Å². The highest BCUT2D eigenvalue weighted by molar-refractivity contribution is 9.10. The number of hydrogen-bond donors (Lipinski definition) is 1. The van der Waals surface area contributed by atoms with Gasteiger partial charge in [-0.15, -0.1) is 0 Å². The lowest BCUT2D eigenvalue weighted by Gasteiger charge is -2.11. The van der Waals surface area contributed by atoms with Crippen molar-refractivity contribution < 1.29 is 4.42 Å². The minimum Gasteiger partial charge on any atom is -0.469 e. The number of nitrogens with zero attached hydrogens (tertiary/aromatic N) is 2. The van der Waals surface area contributed by atoms with Crippen molar-refractivity contribution in [3.05, 3.63) is 28.3 Å². The molecule has 4 nitrogen and oxygen atoms in total. The summed E-state index contributed by atoms with van der Waals surface area (Å²) in [5.74, 6) is 2.40. The third-order valence-corrected chi connectivity index (χ3v) is 3.68. The van der Waals surface area contributed by atoms with Crippen LogP contribution in [0.4, 0.5) is 5.82 Å². The maximum Gasteiger partial charge on any atom is 0.165 e. The molecule has 2 aromatic rings. The van der Waals surface area contributed by atoms with Crippen molar-refractivity contribution in [3.63, 3.8) is 0 Å². The van der Waals surface area contributed by atoms with Gasteiger partial charge < -0.3 is 9.73 Å². The van der Waals surface area contributed by atoms with Gasteiger partial charge in [-0.1, -0.05) is 13.3 Å². The number of anilines is 1. The van der Waals surface area contributed by atoms with E-state index in [0.29, 0.717) is 5.82 Å². The van der Waals surface area contributed by atoms with Gasteiger partial charge in [-0.25, -0.2) is 9.97 Å². The third kappa shape index (κ3) is 2.97. The number of nitrogens with one attached hydrogen (secondary N) is 1. The lowest BCUT2D eigenvalue weighted by Crippen LogP contribution is -2.06. The fraction of sp³-hybridized carbons (Fsp3) is 0.429. The van der Waals surface area contributed by atoms with Crippen molar-refractivity contribution in [2.75, 3.05) is 11.9 Å². The smallest absolute Gasteiger partial charge is 0.165 e. The van der Waals surface area contributed by atoms with Crippen LogP contribution >= 0.6 is 15.9 Å². The van der Waals surface area contributed by atoms with Crippen molar-refractivity contribution in [1.82, 2.24) is 9.97 Å². The maximum atomic E-state index is 5.34. The lowest BCUT2D eigenvalue weighted by molar-refractivity contribution is 0.535. The van der Waals surface area contributed by atoms with E-state index in [2.05, 4.69) is 45.1 Å². The summed E-state index contributed by atoms with van der Waals surface area (Å²) in [7, 11) is 0. The van der Waals surface area contributed by atoms with Gasteiger partial charge in [0.05, 0.1) is 22.0 Å². The zero-order valence-electron chi connectivity index (χ0n) is 11.5. The Kier molecular flexibility index (Phi) is 4.58. The van der Waals surface area contributed by atoms with Gasteiger partial charge >= 0.3 is 0 Å². The third-order valence-electron chi connectivity index (χ3n) is 2.85. The van der Waals surface area contributed by atoms with Crippen LogP contribution in [-0.2, 0) is 6.42 Å². The van der Waals surface area contributed by atoms with Crippen LogP contribution in [0.3, 0.4) is 0 Å². The Labute approximate surface area is 121 Å². The van der Waals surface area contributed by atoms with E-state index in [1.54, 1.807) is 6.26 Å². The molecule has 0 aliphatic heterocycles. The van der Waals surface area contributed by atoms with Gasteiger partial charge in [-0.2, -0.15) is 0 Å². The Bertz CT molecular complexity index is 539. The Hall–Kier alpha value is -1.36. The molecule has 2 aromatic heterocycles. The molecule has 19 heavy (non-hydrogen) atoms. The van der Waals surface area contributed by atoms with Crippen LogP contribution in [0, 0.1) is 6.92 Å². The summed E-state index contributed by atoms with van der Waals surface area (Å²) in [5, 5.41) is 3.27. The van der Waals surface area contributed by atoms with Crippen LogP contribution in [0.5, 0.6) is 0 Å². The molecule has 2 heterocycles. The molecule has 0 aliphatic rings. The van der Waals surface area contributed by atoms with Crippen LogP contribution in [0.1, 0.15) is 31.7 Å². The van der Waals surface area contributed by atoms with Crippen molar-refractivity contribution in [2.24, 2.45) is 0 Å². The van der Waals surface area contributed by atoms with Gasteiger partial charge in [0, 0.05) is 6.54 Å². The highest BCUT2D eigenvalue weighted by Crippen LogP contribution is 2.29. The van der Waals surface area contributed by atoms with Gasteiger partial charge in [0.15, 0.2) is 5.82 Å². The Morgan fingerprint density at radius 1 is 1.32 bits per heavy atom. The first kappa shape index (κ1) is 14.1. The van der Waals surface area contributed by atoms with Crippen molar-refractivity contribution >= 4 is 21.7 Å². The second-order valence-electron chi connectivity index (χ2n) is 4.33. The summed E-state index contributed by atoms with van der Waals surface area (Å²) >= 11 is 3.59. The number of aryl methyl sites for hydroxylation is 2. The second kappa shape index (κ2) is 6.19. The fourth-order valence-electron chi connectivity index (χ4n) is 1.92. The molecule has 2 rings (SSSR count). The van der Waals surface area contributed by atoms with E-state index in [9.17, 15) is 0 Å². The van der Waals surface area contributed by atoms with Crippen molar-refractivity contribution in [2.45, 2.75) is 33.6 Å². The van der Waals surface area contributed by atoms with Crippen LogP contribution in [0.2, 0.25) is 0 Å². The number of hydrogen-bond acceptors (Lipinski definition) is 4. The number of aromatic nitrogens is 2. The molecule has 5 heteroatoms. The normalized spacial score (nSPS) is 10.7. The molecule has 102 valence electrons. The van der Waals surface area contributed by atoms with Gasteiger partial charge in [-0.05, 0) is 42.3 Å². The van der Waals surface area contributed by atoms with E-state index in [1.165, 1.54) is 0 Å². The number of halogens is 1. The quantitative estimate of drug-likeness (QED) is 0.896. The minimum absolute atomic E-state index is 0.717. The first-order valence-electron chi connectivity index (χ1n) is 6.52. The molecule has 0 spiro atoms. The van der Waals surface area contributed by atoms with Gasteiger partial charge in [-0.3, -0.25) is 0 Å². The van der Waals surface area contributed by atoms with Crippen molar-refractivity contribution in [1.29, 1.82) is 0 Å². The molecule has 0 atom stereocenters. The molecule has 0 fully saturated rings. The molecule has 0 saturated heterocycles. The van der Waals surface area contributed by atoms with Gasteiger partial charge in [0.2, 0.25) is 0 Å². The SMILES string of the molecule is CCCc1nc(-c2ccoc2C)nc(NCC)c1Br. The average molecular weight is 324 g/mol. The summed E-state index contributed by atoms with van der Waals surface area (Å²) in [6.45, 7) is 6.94. The molecular weight excluding hydrogens is 306 g/mol. The molecule has 0 bridgehead atoms. The predicted octanol–water partition coefficient (Wildman–Crippen LogP) is 4.19. The number of furan rings is 1. The predicted molar refractivity (Wildman–Crippen MR) is 80.3 cm³/mol. The van der Waals surface area contributed by atoms with Crippen LogP contribution in [0.25, 0.3) is 11.4 Å². The standard InChI is InChI=1S/C14H18BrN3O/c1-4-6-11-12(15)14(16-5-2)18-13(17-11)10-7-8-19-9(10)3/h7-8H,4-6H2,1-3H3,(H,16,17,18). The lowest BCUT2D eigenvalue weighted by atomic mass is 10.2. The second-order valence-corrected chi connectivity index (χ2v) is 5.12. The van der Waals surface area contributed by atoms with E-state index in [0.717, 1.165) is 46.7 Å². The summed E-state index contributed by atoms with van der Waals surface area (Å²) < 4.78 is 6.30. The summed E-state index contributed by atoms with van der Waals surface area (Å²) in [6.07, 6.45) is 3.64. The Morgan fingerprint density at radius 3 is 2.68 bits per heavy atom. The zero-order chi connectivity index (χ0) is 13.8. The molecule has 0 aromatic carbocycles. The van der Waals surface area contributed by atoms with Crippen LogP contribution in [-0.4, -0.2) is 16.5 Å². The zero-order valence-corrected chi connectivity index (χ0v) is 13.0. The highest BCUT2D eigenvalue weighted by Gasteiger charge is 2.15. The number of rotatable bonds is 5. The molecule has 0 amide bonds. The Morgan fingerprint density at radius 2 is 2.11 bits per heavy atom. The van der Waals surface area contributed by atoms with E-state index >= 15 is 0 Å². The average Bonchev–Trinajstić information content (AvgIpc) is 2.81. The van der Waals surface area contributed by atoms with E-state index in [-0.39, 0.29) is 0 Å². The van der Waals surface area contributed by atoms with Crippen LogP contribution < -0.4 is 5.32 Å². The minimum atomic E-state index is 0.717. The topological polar surface area (TPSA) is 51.0 Å². The summed E-state index contributed by atoms with van der Waals surface area (Å²) in [4.78, 5) is 9.23. The van der Waals surface area contributed by atoms with E-state index in [4.69, 9.17) is 4.42 Å². The molecular formula is C14H18BrN3O. The fourth-order valence-corrected chi connectivity index (χ4v) is 2.43. The monoisotopic (exact) mass is 323 g/mol. The van der Waals surface area contributed by atoms with Crippen molar-refractivity contribution in [3.8, 4) is 11.4 Å². The molecule has 0 radical (unpaired) electrons. The van der Waals surface area contributed by atoms with Gasteiger partial charge in [0.25, 0.3) is 0 Å². The van der Waals surface area contributed by atoms with Gasteiger partial charge in [0.1, 0.15) is 11.6 Å². The largest absolute Gasteiger partial charge is 0.469 e. The first-order valence-corrected chi connectivity index (χ1v) is 7.31. The Balaban J connectivity index is 2.52. The maximum absolute atomic E-state index is 5.34. The molecule has 1 N–H and O–H groups in total. The molecule has 0 unspecified atom stereocenters. The summed E-state index contributed by atoms with van der Waals surface area (Å²) in [6, 6.07) is 1.91. The van der Waals surface area contributed by atoms with E-state index in [1.807, 2.05) is 13.0 Å². The van der Waals surface area contributed by atoms with Crippen LogP contribution in [0.15, 0.2) is 21.2 Å².